The molecular weight excluding hydrogens is 366 g/mol. The van der Waals surface area contributed by atoms with Crippen molar-refractivity contribution in [3.05, 3.63) is 47.1 Å². The summed E-state index contributed by atoms with van der Waals surface area (Å²) < 4.78 is 10.3. The molecule has 0 saturated heterocycles. The molecule has 1 aromatic carbocycles. The first-order chi connectivity index (χ1) is 13.0. The highest BCUT2D eigenvalue weighted by molar-refractivity contribution is 7.17. The van der Waals surface area contributed by atoms with Crippen LogP contribution in [0.5, 0.6) is 0 Å². The van der Waals surface area contributed by atoms with E-state index in [1.807, 2.05) is 0 Å². The number of carbonyl (C=O) groups excluding carboxylic acids is 2. The summed E-state index contributed by atoms with van der Waals surface area (Å²) in [5.74, 6) is -0.348. The van der Waals surface area contributed by atoms with Crippen molar-refractivity contribution in [2.45, 2.75) is 26.9 Å². The molecule has 0 aliphatic rings. The first-order valence-electron chi connectivity index (χ1n) is 8.47. The van der Waals surface area contributed by atoms with Crippen molar-refractivity contribution >= 4 is 45.0 Å². The van der Waals surface area contributed by atoms with Crippen LogP contribution in [0.15, 0.2) is 36.0 Å². The quantitative estimate of drug-likeness (QED) is 0.637. The fourth-order valence-electron chi connectivity index (χ4n) is 2.47. The number of rotatable bonds is 6. The maximum atomic E-state index is 12.2. The maximum absolute atomic E-state index is 12.2. The van der Waals surface area contributed by atoms with Crippen molar-refractivity contribution in [3.63, 3.8) is 0 Å². The fraction of sp³-hybridized carbons (Fsp3) is 0.263. The minimum absolute atomic E-state index is 0.200. The number of esters is 2. The van der Waals surface area contributed by atoms with Crippen LogP contribution in [0.3, 0.4) is 0 Å². The van der Waals surface area contributed by atoms with Crippen molar-refractivity contribution in [1.82, 2.24) is 9.97 Å². The van der Waals surface area contributed by atoms with E-state index < -0.39 is 11.9 Å². The van der Waals surface area contributed by atoms with Gasteiger partial charge >= 0.3 is 11.9 Å². The number of anilines is 2. The molecule has 1 N–H and O–H groups in total. The molecular formula is C19H19N3O4S. The summed E-state index contributed by atoms with van der Waals surface area (Å²) >= 11 is 1.34. The van der Waals surface area contributed by atoms with E-state index in [0.717, 1.165) is 0 Å². The molecule has 0 saturated carbocycles. The predicted octanol–water partition coefficient (Wildman–Crippen LogP) is 4.18. The molecule has 2 aromatic heterocycles. The van der Waals surface area contributed by atoms with Gasteiger partial charge in [0.25, 0.3) is 0 Å². The Balaban J connectivity index is 1.94. The van der Waals surface area contributed by atoms with Gasteiger partial charge in [-0.15, -0.1) is 11.3 Å². The van der Waals surface area contributed by atoms with Gasteiger partial charge in [-0.3, -0.25) is 0 Å². The van der Waals surface area contributed by atoms with Gasteiger partial charge in [-0.2, -0.15) is 0 Å². The molecule has 140 valence electrons. The number of aromatic nitrogens is 2. The van der Waals surface area contributed by atoms with Crippen LogP contribution in [-0.4, -0.2) is 34.6 Å². The van der Waals surface area contributed by atoms with Crippen molar-refractivity contribution in [3.8, 4) is 0 Å². The second kappa shape index (κ2) is 8.13. The summed E-state index contributed by atoms with van der Waals surface area (Å²) in [7, 11) is 0. The Hall–Kier alpha value is -3.00. The molecule has 7 nitrogen and oxygen atoms in total. The van der Waals surface area contributed by atoms with Gasteiger partial charge in [0.15, 0.2) is 0 Å². The summed E-state index contributed by atoms with van der Waals surface area (Å²) in [6.45, 7) is 5.63. The number of thiophene rings is 1. The standard InChI is InChI=1S/C19H19N3O4S/c1-4-25-19(24)14-9-27-17-15(14)16(20-10-21-17)22-13-7-5-6-12(8-13)18(23)26-11(2)3/h5-11H,4H2,1-3H3,(H,20,21,22). The zero-order chi connectivity index (χ0) is 19.4. The molecule has 0 aliphatic heterocycles. The Morgan fingerprint density at radius 3 is 2.78 bits per heavy atom. The van der Waals surface area contributed by atoms with Gasteiger partial charge in [0.2, 0.25) is 0 Å². The molecule has 0 radical (unpaired) electrons. The van der Waals surface area contributed by atoms with Crippen LogP contribution < -0.4 is 5.32 Å². The van der Waals surface area contributed by atoms with E-state index in [2.05, 4.69) is 15.3 Å². The first-order valence-corrected chi connectivity index (χ1v) is 9.35. The van der Waals surface area contributed by atoms with Gasteiger partial charge < -0.3 is 14.8 Å². The summed E-state index contributed by atoms with van der Waals surface area (Å²) in [4.78, 5) is 33.5. The molecule has 0 spiro atoms. The number of nitrogens with one attached hydrogen (secondary N) is 1. The predicted molar refractivity (Wildman–Crippen MR) is 104 cm³/mol. The third-order valence-corrected chi connectivity index (χ3v) is 4.46. The third-order valence-electron chi connectivity index (χ3n) is 3.57. The van der Waals surface area contributed by atoms with E-state index in [9.17, 15) is 9.59 Å². The van der Waals surface area contributed by atoms with Crippen molar-refractivity contribution < 1.29 is 19.1 Å². The van der Waals surface area contributed by atoms with Crippen LogP contribution >= 0.6 is 11.3 Å². The molecule has 3 aromatic rings. The number of nitrogens with zero attached hydrogens (tertiary/aromatic N) is 2. The van der Waals surface area contributed by atoms with E-state index in [1.54, 1.807) is 50.4 Å². The van der Waals surface area contributed by atoms with E-state index in [1.165, 1.54) is 17.7 Å². The Morgan fingerprint density at radius 1 is 1.22 bits per heavy atom. The van der Waals surface area contributed by atoms with Crippen LogP contribution in [0.1, 0.15) is 41.5 Å². The van der Waals surface area contributed by atoms with Gasteiger partial charge in [-0.1, -0.05) is 6.07 Å². The molecule has 0 atom stereocenters. The minimum Gasteiger partial charge on any atom is -0.462 e. The highest BCUT2D eigenvalue weighted by atomic mass is 32.1. The molecule has 27 heavy (non-hydrogen) atoms. The molecule has 0 unspecified atom stereocenters. The zero-order valence-corrected chi connectivity index (χ0v) is 16.0. The summed E-state index contributed by atoms with van der Waals surface area (Å²) in [5.41, 5.74) is 1.49. The van der Waals surface area contributed by atoms with E-state index >= 15 is 0 Å². The maximum Gasteiger partial charge on any atom is 0.339 e. The van der Waals surface area contributed by atoms with E-state index in [4.69, 9.17) is 9.47 Å². The number of benzene rings is 1. The number of hydrogen-bond donors (Lipinski definition) is 1. The van der Waals surface area contributed by atoms with Crippen molar-refractivity contribution in [1.29, 1.82) is 0 Å². The molecule has 0 bridgehead atoms. The van der Waals surface area contributed by atoms with Gasteiger partial charge in [0, 0.05) is 11.1 Å². The number of fused-ring (bicyclic) bond motifs is 1. The van der Waals surface area contributed by atoms with Gasteiger partial charge in [-0.05, 0) is 39.0 Å². The number of ether oxygens (including phenoxy) is 2. The fourth-order valence-corrected chi connectivity index (χ4v) is 3.35. The lowest BCUT2D eigenvalue weighted by Crippen LogP contribution is -2.11. The molecule has 0 fully saturated rings. The lowest BCUT2D eigenvalue weighted by atomic mass is 10.2. The molecule has 8 heteroatoms. The van der Waals surface area contributed by atoms with Crippen LogP contribution in [-0.2, 0) is 9.47 Å². The normalized spacial score (nSPS) is 10.8. The number of carbonyl (C=O) groups is 2. The van der Waals surface area contributed by atoms with Crippen molar-refractivity contribution in [2.75, 3.05) is 11.9 Å². The Kier molecular flexibility index (Phi) is 5.66. The third kappa shape index (κ3) is 4.22. The first kappa shape index (κ1) is 18.8. The topological polar surface area (TPSA) is 90.4 Å². The lowest BCUT2D eigenvalue weighted by Gasteiger charge is -2.11. The smallest absolute Gasteiger partial charge is 0.339 e. The van der Waals surface area contributed by atoms with E-state index in [0.29, 0.717) is 32.8 Å². The summed E-state index contributed by atoms with van der Waals surface area (Å²) in [5, 5.41) is 5.46. The molecule has 0 aliphatic carbocycles. The zero-order valence-electron chi connectivity index (χ0n) is 15.2. The SMILES string of the molecule is CCOC(=O)c1csc2ncnc(Nc3cccc(C(=O)OC(C)C)c3)c12. The van der Waals surface area contributed by atoms with Crippen LogP contribution in [0.25, 0.3) is 10.2 Å². The Morgan fingerprint density at radius 2 is 2.04 bits per heavy atom. The van der Waals surface area contributed by atoms with Crippen molar-refractivity contribution in [2.24, 2.45) is 0 Å². The average Bonchev–Trinajstić information content (AvgIpc) is 3.07. The summed E-state index contributed by atoms with van der Waals surface area (Å²) in [6, 6.07) is 6.91. The molecule has 2 heterocycles. The van der Waals surface area contributed by atoms with E-state index in [-0.39, 0.29) is 12.7 Å². The Labute approximate surface area is 160 Å². The second-order valence-corrected chi connectivity index (χ2v) is 6.79. The van der Waals surface area contributed by atoms with Gasteiger partial charge in [0.05, 0.1) is 29.2 Å². The van der Waals surface area contributed by atoms with Crippen LogP contribution in [0.4, 0.5) is 11.5 Å². The monoisotopic (exact) mass is 385 g/mol. The van der Waals surface area contributed by atoms with Gasteiger partial charge in [-0.25, -0.2) is 19.6 Å². The minimum atomic E-state index is -0.420. The van der Waals surface area contributed by atoms with Crippen LogP contribution in [0, 0.1) is 0 Å². The highest BCUT2D eigenvalue weighted by Crippen LogP contribution is 2.31. The van der Waals surface area contributed by atoms with Crippen LogP contribution in [0.2, 0.25) is 0 Å². The van der Waals surface area contributed by atoms with Gasteiger partial charge in [0.1, 0.15) is 17.0 Å². The largest absolute Gasteiger partial charge is 0.462 e. The summed E-state index contributed by atoms with van der Waals surface area (Å²) in [6.07, 6.45) is 1.22. The second-order valence-electron chi connectivity index (χ2n) is 5.93. The Bertz CT molecular complexity index is 984. The number of hydrogen-bond acceptors (Lipinski definition) is 8. The molecule has 0 amide bonds. The molecule has 3 rings (SSSR count). The average molecular weight is 385 g/mol. The lowest BCUT2D eigenvalue weighted by molar-refractivity contribution is 0.0377. The highest BCUT2D eigenvalue weighted by Gasteiger charge is 2.18.